The molecule has 1 saturated carbocycles. The van der Waals surface area contributed by atoms with E-state index in [0.717, 1.165) is 36.1 Å². The SMILES string of the molecule is CCN(C(=O)c1ccc(C)c(C#CCN)c1)C1CC1. The summed E-state index contributed by atoms with van der Waals surface area (Å²) in [5.74, 6) is 5.98. The van der Waals surface area contributed by atoms with Gasteiger partial charge < -0.3 is 10.6 Å². The monoisotopic (exact) mass is 256 g/mol. The van der Waals surface area contributed by atoms with E-state index in [4.69, 9.17) is 5.73 Å². The van der Waals surface area contributed by atoms with E-state index in [1.807, 2.05) is 36.9 Å². The Morgan fingerprint density at radius 1 is 1.47 bits per heavy atom. The van der Waals surface area contributed by atoms with Crippen molar-refractivity contribution in [3.8, 4) is 11.8 Å². The molecular formula is C16H20N2O. The Morgan fingerprint density at radius 3 is 2.79 bits per heavy atom. The molecule has 3 nitrogen and oxygen atoms in total. The van der Waals surface area contributed by atoms with E-state index >= 15 is 0 Å². The molecule has 3 heteroatoms. The number of hydrogen-bond acceptors (Lipinski definition) is 2. The van der Waals surface area contributed by atoms with E-state index in [-0.39, 0.29) is 5.91 Å². The molecule has 1 aromatic rings. The van der Waals surface area contributed by atoms with Gasteiger partial charge in [-0.3, -0.25) is 4.79 Å². The number of aryl methyl sites for hydroxylation is 1. The first-order valence-electron chi connectivity index (χ1n) is 6.78. The van der Waals surface area contributed by atoms with Crippen molar-refractivity contribution in [1.82, 2.24) is 4.90 Å². The fourth-order valence-electron chi connectivity index (χ4n) is 2.16. The van der Waals surface area contributed by atoms with Gasteiger partial charge in [-0.1, -0.05) is 17.9 Å². The summed E-state index contributed by atoms with van der Waals surface area (Å²) in [6.07, 6.45) is 2.26. The molecule has 0 heterocycles. The number of benzene rings is 1. The van der Waals surface area contributed by atoms with Crippen molar-refractivity contribution in [2.24, 2.45) is 5.73 Å². The number of nitrogens with zero attached hydrogens (tertiary/aromatic N) is 1. The summed E-state index contributed by atoms with van der Waals surface area (Å²) in [6, 6.07) is 6.16. The second kappa shape index (κ2) is 5.90. The van der Waals surface area contributed by atoms with E-state index in [0.29, 0.717) is 12.6 Å². The van der Waals surface area contributed by atoms with Crippen LogP contribution in [0.25, 0.3) is 0 Å². The summed E-state index contributed by atoms with van der Waals surface area (Å²) >= 11 is 0. The Hall–Kier alpha value is -1.79. The normalized spacial score (nSPS) is 13.6. The number of rotatable bonds is 3. The van der Waals surface area contributed by atoms with Crippen molar-refractivity contribution in [2.45, 2.75) is 32.7 Å². The summed E-state index contributed by atoms with van der Waals surface area (Å²) in [4.78, 5) is 14.4. The van der Waals surface area contributed by atoms with Gasteiger partial charge in [0.1, 0.15) is 0 Å². The van der Waals surface area contributed by atoms with Gasteiger partial charge in [-0.15, -0.1) is 0 Å². The van der Waals surface area contributed by atoms with Crippen molar-refractivity contribution in [2.75, 3.05) is 13.1 Å². The maximum atomic E-state index is 12.4. The van der Waals surface area contributed by atoms with Crippen LogP contribution in [0.15, 0.2) is 18.2 Å². The van der Waals surface area contributed by atoms with Crippen LogP contribution in [0.5, 0.6) is 0 Å². The van der Waals surface area contributed by atoms with Crippen LogP contribution in [0.2, 0.25) is 0 Å². The third kappa shape index (κ3) is 3.15. The van der Waals surface area contributed by atoms with E-state index in [1.54, 1.807) is 0 Å². The molecule has 0 unspecified atom stereocenters. The topological polar surface area (TPSA) is 46.3 Å². The summed E-state index contributed by atoms with van der Waals surface area (Å²) in [6.45, 7) is 5.12. The first-order chi connectivity index (χ1) is 9.17. The predicted octanol–water partition coefficient (Wildman–Crippen LogP) is 1.93. The summed E-state index contributed by atoms with van der Waals surface area (Å²) < 4.78 is 0. The van der Waals surface area contributed by atoms with Gasteiger partial charge in [-0.2, -0.15) is 0 Å². The van der Waals surface area contributed by atoms with Gasteiger partial charge in [0, 0.05) is 23.7 Å². The average Bonchev–Trinajstić information content (AvgIpc) is 3.23. The summed E-state index contributed by atoms with van der Waals surface area (Å²) in [5, 5.41) is 0. The van der Waals surface area contributed by atoms with Gasteiger partial charge in [0.2, 0.25) is 0 Å². The number of carbonyl (C=O) groups excluding carboxylic acids is 1. The fraction of sp³-hybridized carbons (Fsp3) is 0.438. The van der Waals surface area contributed by atoms with Gasteiger partial charge in [0.25, 0.3) is 5.91 Å². The maximum absolute atomic E-state index is 12.4. The second-order valence-corrected chi connectivity index (χ2v) is 4.86. The van der Waals surface area contributed by atoms with Crippen LogP contribution in [-0.2, 0) is 0 Å². The minimum absolute atomic E-state index is 0.112. The number of nitrogens with two attached hydrogens (primary N) is 1. The smallest absolute Gasteiger partial charge is 0.254 e. The molecule has 0 saturated heterocycles. The zero-order valence-corrected chi connectivity index (χ0v) is 11.6. The molecule has 1 aliphatic rings. The molecule has 100 valence electrons. The molecule has 1 fully saturated rings. The van der Waals surface area contributed by atoms with Gasteiger partial charge in [-0.05, 0) is 44.4 Å². The van der Waals surface area contributed by atoms with Crippen LogP contribution in [0.3, 0.4) is 0 Å². The lowest BCUT2D eigenvalue weighted by atomic mass is 10.0. The molecule has 2 N–H and O–H groups in total. The van der Waals surface area contributed by atoms with E-state index in [2.05, 4.69) is 11.8 Å². The van der Waals surface area contributed by atoms with Crippen LogP contribution < -0.4 is 5.73 Å². The van der Waals surface area contributed by atoms with Crippen LogP contribution in [0.1, 0.15) is 41.3 Å². The molecule has 0 radical (unpaired) electrons. The van der Waals surface area contributed by atoms with E-state index in [1.165, 1.54) is 0 Å². The lowest BCUT2D eigenvalue weighted by Gasteiger charge is -2.20. The summed E-state index contributed by atoms with van der Waals surface area (Å²) in [7, 11) is 0. The van der Waals surface area contributed by atoms with Crippen LogP contribution >= 0.6 is 0 Å². The molecule has 19 heavy (non-hydrogen) atoms. The van der Waals surface area contributed by atoms with Gasteiger partial charge >= 0.3 is 0 Å². The Labute approximate surface area is 114 Å². The van der Waals surface area contributed by atoms with Crippen LogP contribution in [0, 0.1) is 18.8 Å². The molecule has 0 atom stereocenters. The van der Waals surface area contributed by atoms with E-state index < -0.39 is 0 Å². The van der Waals surface area contributed by atoms with E-state index in [9.17, 15) is 4.79 Å². The van der Waals surface area contributed by atoms with Crippen molar-refractivity contribution in [3.05, 3.63) is 34.9 Å². The third-order valence-electron chi connectivity index (χ3n) is 3.40. The molecular weight excluding hydrogens is 236 g/mol. The van der Waals surface area contributed by atoms with Crippen molar-refractivity contribution in [1.29, 1.82) is 0 Å². The fourth-order valence-corrected chi connectivity index (χ4v) is 2.16. The standard InChI is InChI=1S/C16H20N2O/c1-3-18(15-8-9-15)16(19)14-7-6-12(2)13(11-14)5-4-10-17/h6-7,11,15H,3,8-10,17H2,1-2H3. The molecule has 0 aliphatic heterocycles. The Kier molecular flexibility index (Phi) is 4.24. The molecule has 2 rings (SSSR count). The van der Waals surface area contributed by atoms with Gasteiger partial charge in [0.15, 0.2) is 0 Å². The highest BCUT2D eigenvalue weighted by Gasteiger charge is 2.31. The van der Waals surface area contributed by atoms with Gasteiger partial charge in [0.05, 0.1) is 6.54 Å². The quantitative estimate of drug-likeness (QED) is 0.840. The van der Waals surface area contributed by atoms with Crippen LogP contribution in [-0.4, -0.2) is 29.9 Å². The predicted molar refractivity (Wildman–Crippen MR) is 76.8 cm³/mol. The van der Waals surface area contributed by atoms with Gasteiger partial charge in [-0.25, -0.2) is 0 Å². The molecule has 0 bridgehead atoms. The Bertz CT molecular complexity index is 535. The van der Waals surface area contributed by atoms with Crippen molar-refractivity contribution >= 4 is 5.91 Å². The molecule has 1 aromatic carbocycles. The average molecular weight is 256 g/mol. The zero-order chi connectivity index (χ0) is 13.8. The minimum atomic E-state index is 0.112. The van der Waals surface area contributed by atoms with Crippen LogP contribution in [0.4, 0.5) is 0 Å². The Morgan fingerprint density at radius 2 is 2.21 bits per heavy atom. The first-order valence-corrected chi connectivity index (χ1v) is 6.78. The number of hydrogen-bond donors (Lipinski definition) is 1. The maximum Gasteiger partial charge on any atom is 0.254 e. The number of amides is 1. The highest BCUT2D eigenvalue weighted by atomic mass is 16.2. The molecule has 0 spiro atoms. The Balaban J connectivity index is 2.26. The third-order valence-corrected chi connectivity index (χ3v) is 3.40. The molecule has 1 aliphatic carbocycles. The zero-order valence-electron chi connectivity index (χ0n) is 11.6. The molecule has 1 amide bonds. The highest BCUT2D eigenvalue weighted by molar-refractivity contribution is 5.95. The first kappa shape index (κ1) is 13.6. The lowest BCUT2D eigenvalue weighted by Crippen LogP contribution is -2.32. The molecule has 0 aromatic heterocycles. The highest BCUT2D eigenvalue weighted by Crippen LogP contribution is 2.28. The minimum Gasteiger partial charge on any atom is -0.336 e. The second-order valence-electron chi connectivity index (χ2n) is 4.86. The van der Waals surface area contributed by atoms with Crippen molar-refractivity contribution < 1.29 is 4.79 Å². The van der Waals surface area contributed by atoms with Crippen molar-refractivity contribution in [3.63, 3.8) is 0 Å². The lowest BCUT2D eigenvalue weighted by molar-refractivity contribution is 0.0752. The largest absolute Gasteiger partial charge is 0.336 e. The number of carbonyl (C=O) groups is 1. The summed E-state index contributed by atoms with van der Waals surface area (Å²) in [5.41, 5.74) is 8.08.